The smallest absolute Gasteiger partial charge is 0.306 e. The topological polar surface area (TPSA) is 75.7 Å². The van der Waals surface area contributed by atoms with Crippen LogP contribution in [0.15, 0.2) is 53.4 Å². The summed E-state index contributed by atoms with van der Waals surface area (Å²) in [6.07, 6.45) is 2.29. The number of hydrogen-bond acceptors (Lipinski definition) is 5. The zero-order valence-corrected chi connectivity index (χ0v) is 18.0. The average molecular weight is 447 g/mol. The lowest BCUT2D eigenvalue weighted by atomic mass is 10.2. The summed E-state index contributed by atoms with van der Waals surface area (Å²) in [7, 11) is 0. The minimum Gasteiger partial charge on any atom is -0.456 e. The standard InChI is InChI=1S/C22H23ClN2O4S/c23-16-8-10-19(11-9-16)30-13-3-7-22(28)29-15-20(26)24-17-4-1-5-18(14-17)25-12-2-6-21(25)27/h1,4-5,8-11,14H,2-3,6-7,12-13,15H2,(H,24,26). The highest BCUT2D eigenvalue weighted by Crippen LogP contribution is 2.24. The van der Waals surface area contributed by atoms with Gasteiger partial charge in [-0.05, 0) is 61.1 Å². The molecule has 0 spiro atoms. The van der Waals surface area contributed by atoms with Crippen molar-refractivity contribution in [1.82, 2.24) is 0 Å². The number of rotatable bonds is 9. The zero-order chi connectivity index (χ0) is 21.3. The molecule has 0 bridgehead atoms. The maximum absolute atomic E-state index is 12.1. The summed E-state index contributed by atoms with van der Waals surface area (Å²) >= 11 is 7.49. The molecule has 0 aliphatic carbocycles. The fourth-order valence-electron chi connectivity index (χ4n) is 3.03. The minimum atomic E-state index is -0.413. The Labute approximate surface area is 184 Å². The highest BCUT2D eigenvalue weighted by molar-refractivity contribution is 7.99. The lowest BCUT2D eigenvalue weighted by molar-refractivity contribution is -0.147. The fraction of sp³-hybridized carbons (Fsp3) is 0.318. The Balaban J connectivity index is 1.35. The van der Waals surface area contributed by atoms with Crippen LogP contribution in [0.5, 0.6) is 0 Å². The van der Waals surface area contributed by atoms with E-state index in [4.69, 9.17) is 16.3 Å². The summed E-state index contributed by atoms with van der Waals surface area (Å²) in [6.45, 7) is 0.347. The Hall–Kier alpha value is -2.51. The summed E-state index contributed by atoms with van der Waals surface area (Å²) in [5.74, 6) is 0.0361. The maximum atomic E-state index is 12.1. The largest absolute Gasteiger partial charge is 0.456 e. The molecule has 1 aliphatic rings. The SMILES string of the molecule is O=C(COC(=O)CCCSc1ccc(Cl)cc1)Nc1cccc(N2CCCC2=O)c1. The normalized spacial score (nSPS) is 13.4. The Morgan fingerprint density at radius 2 is 1.97 bits per heavy atom. The van der Waals surface area contributed by atoms with E-state index < -0.39 is 11.9 Å². The van der Waals surface area contributed by atoms with Gasteiger partial charge in [-0.3, -0.25) is 14.4 Å². The van der Waals surface area contributed by atoms with Gasteiger partial charge in [0.1, 0.15) is 0 Å². The van der Waals surface area contributed by atoms with Gasteiger partial charge < -0.3 is 15.0 Å². The molecule has 1 heterocycles. The van der Waals surface area contributed by atoms with Crippen LogP contribution in [-0.4, -0.2) is 36.7 Å². The van der Waals surface area contributed by atoms with Crippen molar-refractivity contribution in [1.29, 1.82) is 0 Å². The molecule has 30 heavy (non-hydrogen) atoms. The number of benzene rings is 2. The van der Waals surface area contributed by atoms with E-state index in [0.29, 0.717) is 30.1 Å². The highest BCUT2D eigenvalue weighted by atomic mass is 35.5. The van der Waals surface area contributed by atoms with Gasteiger partial charge in [0.2, 0.25) is 5.91 Å². The zero-order valence-electron chi connectivity index (χ0n) is 16.4. The summed E-state index contributed by atoms with van der Waals surface area (Å²) < 4.78 is 5.05. The molecule has 2 aromatic rings. The third-order valence-electron chi connectivity index (χ3n) is 4.49. The highest BCUT2D eigenvalue weighted by Gasteiger charge is 2.21. The fourth-order valence-corrected chi connectivity index (χ4v) is 4.00. The van der Waals surface area contributed by atoms with E-state index in [1.165, 1.54) is 0 Å². The van der Waals surface area contributed by atoms with Crippen LogP contribution in [0.3, 0.4) is 0 Å². The van der Waals surface area contributed by atoms with E-state index in [1.54, 1.807) is 34.9 Å². The van der Waals surface area contributed by atoms with E-state index >= 15 is 0 Å². The van der Waals surface area contributed by atoms with Crippen molar-refractivity contribution in [2.45, 2.75) is 30.6 Å². The van der Waals surface area contributed by atoms with Crippen molar-refractivity contribution in [2.75, 3.05) is 29.1 Å². The molecule has 1 N–H and O–H groups in total. The van der Waals surface area contributed by atoms with Crippen LogP contribution in [-0.2, 0) is 19.1 Å². The van der Waals surface area contributed by atoms with E-state index in [-0.39, 0.29) is 18.9 Å². The Morgan fingerprint density at radius 1 is 1.17 bits per heavy atom. The average Bonchev–Trinajstić information content (AvgIpc) is 3.17. The number of esters is 1. The molecule has 2 amide bonds. The molecule has 0 radical (unpaired) electrons. The van der Waals surface area contributed by atoms with Crippen LogP contribution >= 0.6 is 23.4 Å². The van der Waals surface area contributed by atoms with Crippen LogP contribution in [0.25, 0.3) is 0 Å². The number of carbonyl (C=O) groups is 3. The van der Waals surface area contributed by atoms with Crippen molar-refractivity contribution < 1.29 is 19.1 Å². The monoisotopic (exact) mass is 446 g/mol. The van der Waals surface area contributed by atoms with Gasteiger partial charge in [0, 0.05) is 40.7 Å². The third-order valence-corrected chi connectivity index (χ3v) is 5.84. The molecule has 6 nitrogen and oxygen atoms in total. The second-order valence-corrected chi connectivity index (χ2v) is 8.42. The molecule has 1 aliphatic heterocycles. The Morgan fingerprint density at radius 3 is 2.70 bits per heavy atom. The van der Waals surface area contributed by atoms with E-state index in [9.17, 15) is 14.4 Å². The first-order valence-corrected chi connectivity index (χ1v) is 11.1. The number of anilines is 2. The lowest BCUT2D eigenvalue weighted by Gasteiger charge is -2.16. The molecule has 1 saturated heterocycles. The molecular weight excluding hydrogens is 424 g/mol. The van der Waals surface area contributed by atoms with Crippen molar-refractivity contribution in [2.24, 2.45) is 0 Å². The number of halogens is 1. The van der Waals surface area contributed by atoms with Crippen molar-refractivity contribution in [3.05, 3.63) is 53.6 Å². The molecule has 1 fully saturated rings. The van der Waals surface area contributed by atoms with E-state index in [2.05, 4.69) is 5.32 Å². The first kappa shape index (κ1) is 22.2. The third kappa shape index (κ3) is 6.78. The van der Waals surface area contributed by atoms with Gasteiger partial charge in [-0.2, -0.15) is 0 Å². The van der Waals surface area contributed by atoms with Crippen LogP contribution < -0.4 is 10.2 Å². The molecule has 8 heteroatoms. The first-order valence-electron chi connectivity index (χ1n) is 9.75. The number of carbonyl (C=O) groups excluding carboxylic acids is 3. The van der Waals surface area contributed by atoms with Crippen molar-refractivity contribution >= 4 is 52.5 Å². The molecule has 0 unspecified atom stereocenters. The van der Waals surface area contributed by atoms with Crippen LogP contribution in [0.1, 0.15) is 25.7 Å². The first-order chi connectivity index (χ1) is 14.5. The van der Waals surface area contributed by atoms with Gasteiger partial charge in [0.05, 0.1) is 0 Å². The number of nitrogens with zero attached hydrogens (tertiary/aromatic N) is 1. The van der Waals surface area contributed by atoms with Gasteiger partial charge >= 0.3 is 5.97 Å². The summed E-state index contributed by atoms with van der Waals surface area (Å²) in [6, 6.07) is 14.6. The summed E-state index contributed by atoms with van der Waals surface area (Å²) in [5, 5.41) is 3.39. The van der Waals surface area contributed by atoms with E-state index in [1.807, 2.05) is 30.3 Å². The second kappa shape index (κ2) is 11.0. The molecule has 0 atom stereocenters. The van der Waals surface area contributed by atoms with Crippen LogP contribution in [0.2, 0.25) is 5.02 Å². The molecule has 0 aromatic heterocycles. The van der Waals surface area contributed by atoms with Gasteiger partial charge in [0.25, 0.3) is 5.91 Å². The Kier molecular flexibility index (Phi) is 8.16. The van der Waals surface area contributed by atoms with Gasteiger partial charge in [0.15, 0.2) is 6.61 Å². The predicted molar refractivity (Wildman–Crippen MR) is 119 cm³/mol. The summed E-state index contributed by atoms with van der Waals surface area (Å²) in [5.41, 5.74) is 1.32. The number of hydrogen-bond donors (Lipinski definition) is 1. The molecule has 2 aromatic carbocycles. The Bertz CT molecular complexity index is 904. The lowest BCUT2D eigenvalue weighted by Crippen LogP contribution is -2.24. The van der Waals surface area contributed by atoms with E-state index in [0.717, 1.165) is 22.8 Å². The maximum Gasteiger partial charge on any atom is 0.306 e. The van der Waals surface area contributed by atoms with Crippen LogP contribution in [0, 0.1) is 0 Å². The quantitative estimate of drug-likeness (QED) is 0.348. The molecular formula is C22H23ClN2O4S. The van der Waals surface area contributed by atoms with Gasteiger partial charge in [-0.25, -0.2) is 0 Å². The number of nitrogens with one attached hydrogen (secondary N) is 1. The number of amides is 2. The second-order valence-electron chi connectivity index (χ2n) is 6.81. The number of thioether (sulfide) groups is 1. The minimum absolute atomic E-state index is 0.0848. The van der Waals surface area contributed by atoms with Gasteiger partial charge in [-0.1, -0.05) is 17.7 Å². The molecule has 0 saturated carbocycles. The molecule has 3 rings (SSSR count). The predicted octanol–water partition coefficient (Wildman–Crippen LogP) is 4.52. The van der Waals surface area contributed by atoms with Crippen molar-refractivity contribution in [3.63, 3.8) is 0 Å². The molecule has 158 valence electrons. The van der Waals surface area contributed by atoms with Gasteiger partial charge in [-0.15, -0.1) is 11.8 Å². The summed E-state index contributed by atoms with van der Waals surface area (Å²) in [4.78, 5) is 38.6. The van der Waals surface area contributed by atoms with Crippen LogP contribution in [0.4, 0.5) is 11.4 Å². The van der Waals surface area contributed by atoms with Crippen molar-refractivity contribution in [3.8, 4) is 0 Å². The number of ether oxygens (including phenoxy) is 1.